The monoisotopic (exact) mass is 261 g/mol. The number of fused-ring (bicyclic) bond motifs is 1. The molecular weight excluding hydrogens is 246 g/mol. The van der Waals surface area contributed by atoms with E-state index < -0.39 is 0 Å². The quantitative estimate of drug-likeness (QED) is 0.728. The van der Waals surface area contributed by atoms with Crippen LogP contribution in [-0.4, -0.2) is 15.0 Å². The lowest BCUT2D eigenvalue weighted by molar-refractivity contribution is 0.437. The highest BCUT2D eigenvalue weighted by molar-refractivity contribution is 6.34. The van der Waals surface area contributed by atoms with Gasteiger partial charge in [-0.25, -0.2) is 9.97 Å². The smallest absolute Gasteiger partial charge is 0.140 e. The third kappa shape index (κ3) is 2.19. The van der Waals surface area contributed by atoms with E-state index in [0.717, 1.165) is 16.6 Å². The maximum Gasteiger partial charge on any atom is 0.140 e. The molecule has 4 heteroatoms. The molecule has 3 rings (SSSR count). The summed E-state index contributed by atoms with van der Waals surface area (Å²) >= 11 is 6.19. The first kappa shape index (κ1) is 11.8. The first-order valence-corrected chi connectivity index (χ1v) is 6.91. The molecule has 0 amide bonds. The van der Waals surface area contributed by atoms with E-state index in [1.54, 1.807) is 0 Å². The zero-order valence-corrected chi connectivity index (χ0v) is 11.2. The number of halogens is 1. The van der Waals surface area contributed by atoms with Crippen molar-refractivity contribution in [3.8, 4) is 0 Å². The first-order chi connectivity index (χ1) is 8.74. The zero-order chi connectivity index (χ0) is 12.5. The highest BCUT2D eigenvalue weighted by Crippen LogP contribution is 2.33. The van der Waals surface area contributed by atoms with Gasteiger partial charge in [-0.05, 0) is 25.8 Å². The zero-order valence-electron chi connectivity index (χ0n) is 10.5. The van der Waals surface area contributed by atoms with E-state index in [1.807, 2.05) is 13.1 Å². The van der Waals surface area contributed by atoms with Crippen LogP contribution in [0.15, 0.2) is 12.3 Å². The largest absolute Gasteiger partial charge is 0.259 e. The van der Waals surface area contributed by atoms with Gasteiger partial charge in [0.15, 0.2) is 0 Å². The molecule has 1 saturated carbocycles. The van der Waals surface area contributed by atoms with Crippen molar-refractivity contribution >= 4 is 22.5 Å². The van der Waals surface area contributed by atoms with Gasteiger partial charge in [0.1, 0.15) is 11.0 Å². The fraction of sp³-hybridized carbons (Fsp3) is 0.500. The molecule has 0 aromatic carbocycles. The highest BCUT2D eigenvalue weighted by Gasteiger charge is 2.17. The van der Waals surface area contributed by atoms with E-state index in [4.69, 9.17) is 11.6 Å². The minimum Gasteiger partial charge on any atom is -0.259 e. The maximum absolute atomic E-state index is 6.19. The molecule has 0 bridgehead atoms. The number of aromatic nitrogens is 3. The Morgan fingerprint density at radius 2 is 1.94 bits per heavy atom. The van der Waals surface area contributed by atoms with Crippen LogP contribution < -0.4 is 0 Å². The van der Waals surface area contributed by atoms with E-state index in [9.17, 15) is 0 Å². The van der Waals surface area contributed by atoms with Crippen LogP contribution in [0.25, 0.3) is 10.9 Å². The molecule has 2 heterocycles. The molecule has 1 fully saturated rings. The molecule has 0 spiro atoms. The first-order valence-electron chi connectivity index (χ1n) is 6.54. The molecule has 0 saturated heterocycles. The summed E-state index contributed by atoms with van der Waals surface area (Å²) in [6, 6.07) is 2.08. The minimum absolute atomic E-state index is 0.539. The molecule has 0 unspecified atom stereocenters. The number of pyridine rings is 1. The molecule has 2 aromatic rings. The maximum atomic E-state index is 6.19. The molecule has 1 aliphatic carbocycles. The van der Waals surface area contributed by atoms with Gasteiger partial charge in [-0.1, -0.05) is 30.9 Å². The van der Waals surface area contributed by atoms with Crippen molar-refractivity contribution in [2.24, 2.45) is 0 Å². The molecule has 3 nitrogen and oxygen atoms in total. The van der Waals surface area contributed by atoms with Crippen LogP contribution in [0.3, 0.4) is 0 Å². The van der Waals surface area contributed by atoms with Crippen LogP contribution in [0.5, 0.6) is 0 Å². The van der Waals surface area contributed by atoms with Crippen molar-refractivity contribution in [2.45, 2.75) is 44.9 Å². The summed E-state index contributed by atoms with van der Waals surface area (Å²) in [5.41, 5.74) is 1.99. The van der Waals surface area contributed by atoms with Crippen LogP contribution in [0, 0.1) is 6.92 Å². The predicted molar refractivity (Wildman–Crippen MR) is 72.9 cm³/mol. The average molecular weight is 262 g/mol. The minimum atomic E-state index is 0.539. The molecule has 0 radical (unpaired) electrons. The van der Waals surface area contributed by atoms with Gasteiger partial charge in [0.25, 0.3) is 0 Å². The third-order valence-corrected chi connectivity index (χ3v) is 3.98. The summed E-state index contributed by atoms with van der Waals surface area (Å²) in [5.74, 6) is 1.28. The van der Waals surface area contributed by atoms with E-state index in [-0.39, 0.29) is 0 Å². The second-order valence-corrected chi connectivity index (χ2v) is 5.38. The molecule has 0 aliphatic heterocycles. The Balaban J connectivity index is 2.04. The average Bonchev–Trinajstić information content (AvgIpc) is 2.39. The lowest BCUT2D eigenvalue weighted by Crippen LogP contribution is -2.06. The predicted octanol–water partition coefficient (Wildman–Crippen LogP) is 4.03. The van der Waals surface area contributed by atoms with Crippen molar-refractivity contribution < 1.29 is 0 Å². The summed E-state index contributed by atoms with van der Waals surface area (Å²) in [6.45, 7) is 1.85. The fourth-order valence-corrected chi connectivity index (χ4v) is 3.02. The SMILES string of the molecule is Cc1nc(Cl)c2cc(C3CCCCC3)ncc2n1. The van der Waals surface area contributed by atoms with Gasteiger partial charge in [0, 0.05) is 17.0 Å². The van der Waals surface area contributed by atoms with E-state index in [2.05, 4.69) is 21.0 Å². The van der Waals surface area contributed by atoms with Gasteiger partial charge < -0.3 is 0 Å². The molecule has 2 aromatic heterocycles. The van der Waals surface area contributed by atoms with Crippen molar-refractivity contribution in [3.05, 3.63) is 28.9 Å². The molecule has 0 atom stereocenters. The number of rotatable bonds is 1. The summed E-state index contributed by atoms with van der Waals surface area (Å²) in [7, 11) is 0. The molecular formula is C14H16ClN3. The van der Waals surface area contributed by atoms with Crippen molar-refractivity contribution in [1.82, 2.24) is 15.0 Å². The molecule has 0 N–H and O–H groups in total. The molecule has 18 heavy (non-hydrogen) atoms. The summed E-state index contributed by atoms with van der Waals surface area (Å²) < 4.78 is 0. The third-order valence-electron chi connectivity index (χ3n) is 3.69. The molecule has 94 valence electrons. The standard InChI is InChI=1S/C14H16ClN3/c1-9-17-13-8-16-12(7-11(13)14(15)18-9)10-5-3-2-4-6-10/h7-8,10H,2-6H2,1H3. The number of hydrogen-bond donors (Lipinski definition) is 0. The van der Waals surface area contributed by atoms with Crippen molar-refractivity contribution in [2.75, 3.05) is 0 Å². The van der Waals surface area contributed by atoms with E-state index in [1.165, 1.54) is 32.1 Å². The van der Waals surface area contributed by atoms with Crippen molar-refractivity contribution in [3.63, 3.8) is 0 Å². The number of nitrogens with zero attached hydrogens (tertiary/aromatic N) is 3. The van der Waals surface area contributed by atoms with Crippen LogP contribution in [-0.2, 0) is 0 Å². The van der Waals surface area contributed by atoms with Crippen LogP contribution in [0.1, 0.15) is 49.5 Å². The van der Waals surface area contributed by atoms with Gasteiger partial charge >= 0.3 is 0 Å². The Morgan fingerprint density at radius 3 is 2.72 bits per heavy atom. The Hall–Kier alpha value is -1.22. The summed E-state index contributed by atoms with van der Waals surface area (Å²) in [5, 5.41) is 1.47. The van der Waals surface area contributed by atoms with Crippen LogP contribution in [0.2, 0.25) is 5.15 Å². The Labute approximate surface area is 112 Å². The Bertz CT molecular complexity index is 577. The Morgan fingerprint density at radius 1 is 1.17 bits per heavy atom. The van der Waals surface area contributed by atoms with E-state index >= 15 is 0 Å². The lowest BCUT2D eigenvalue weighted by Gasteiger charge is -2.21. The fourth-order valence-electron chi connectivity index (χ4n) is 2.74. The number of hydrogen-bond acceptors (Lipinski definition) is 3. The van der Waals surface area contributed by atoms with Crippen LogP contribution in [0.4, 0.5) is 0 Å². The highest BCUT2D eigenvalue weighted by atomic mass is 35.5. The van der Waals surface area contributed by atoms with Gasteiger partial charge in [-0.15, -0.1) is 0 Å². The van der Waals surface area contributed by atoms with Crippen LogP contribution >= 0.6 is 11.6 Å². The van der Waals surface area contributed by atoms with Gasteiger partial charge in [0.05, 0.1) is 11.7 Å². The second-order valence-electron chi connectivity index (χ2n) is 5.02. The van der Waals surface area contributed by atoms with Gasteiger partial charge in [0.2, 0.25) is 0 Å². The normalized spacial score (nSPS) is 17.2. The lowest BCUT2D eigenvalue weighted by atomic mass is 9.86. The summed E-state index contributed by atoms with van der Waals surface area (Å²) in [4.78, 5) is 13.1. The number of aryl methyl sites for hydroxylation is 1. The van der Waals surface area contributed by atoms with Crippen molar-refractivity contribution in [1.29, 1.82) is 0 Å². The molecule has 1 aliphatic rings. The van der Waals surface area contributed by atoms with Gasteiger partial charge in [-0.3, -0.25) is 4.98 Å². The summed E-state index contributed by atoms with van der Waals surface area (Å²) in [6.07, 6.45) is 8.28. The second kappa shape index (κ2) is 4.81. The van der Waals surface area contributed by atoms with Gasteiger partial charge in [-0.2, -0.15) is 0 Å². The Kier molecular flexibility index (Phi) is 3.16. The van der Waals surface area contributed by atoms with E-state index in [0.29, 0.717) is 16.9 Å². The topological polar surface area (TPSA) is 38.7 Å².